The van der Waals surface area contributed by atoms with Crippen LogP contribution in [0.2, 0.25) is 5.02 Å². The molecule has 3 aromatic rings. The van der Waals surface area contributed by atoms with Crippen LogP contribution < -0.4 is 9.80 Å². The number of aromatic nitrogens is 1. The minimum Gasteiger partial charge on any atom is -0.395 e. The Balaban J connectivity index is 1.61. The fourth-order valence-corrected chi connectivity index (χ4v) is 4.48. The van der Waals surface area contributed by atoms with Crippen LogP contribution in [-0.2, 0) is 12.7 Å². The molecule has 2 heterocycles. The predicted octanol–water partition coefficient (Wildman–Crippen LogP) is 4.73. The van der Waals surface area contributed by atoms with Crippen LogP contribution in [0.1, 0.15) is 22.7 Å². The van der Waals surface area contributed by atoms with E-state index in [0.717, 1.165) is 17.7 Å². The molecule has 0 radical (unpaired) electrons. The SMILES string of the molecule is O=C1N(Cc2ccc(N(CCO)CCO)nc2)C[C@H](c2cccc(C(F)(F)F)c2)N1c1ccc(Cl)cc1. The van der Waals surface area contributed by atoms with Crippen molar-refractivity contribution in [1.82, 2.24) is 9.88 Å². The minimum atomic E-state index is -4.50. The van der Waals surface area contributed by atoms with E-state index >= 15 is 0 Å². The summed E-state index contributed by atoms with van der Waals surface area (Å²) in [5, 5.41) is 19.0. The van der Waals surface area contributed by atoms with Gasteiger partial charge in [-0.25, -0.2) is 9.78 Å². The first-order valence-corrected chi connectivity index (χ1v) is 12.0. The van der Waals surface area contributed by atoms with Gasteiger partial charge in [-0.1, -0.05) is 29.8 Å². The van der Waals surface area contributed by atoms with E-state index in [2.05, 4.69) is 4.98 Å². The lowest BCUT2D eigenvalue weighted by Gasteiger charge is -2.24. The fraction of sp³-hybridized carbons (Fsp3) is 0.308. The molecule has 4 rings (SSSR count). The van der Waals surface area contributed by atoms with E-state index in [0.29, 0.717) is 35.2 Å². The zero-order valence-electron chi connectivity index (χ0n) is 19.8. The summed E-state index contributed by atoms with van der Waals surface area (Å²) in [6, 6.07) is 14.1. The van der Waals surface area contributed by atoms with Crippen molar-refractivity contribution in [3.63, 3.8) is 0 Å². The van der Waals surface area contributed by atoms with Crippen LogP contribution in [0.3, 0.4) is 0 Å². The highest BCUT2D eigenvalue weighted by atomic mass is 35.5. The first kappa shape index (κ1) is 26.7. The molecule has 2 aromatic carbocycles. The van der Waals surface area contributed by atoms with Crippen LogP contribution in [0.5, 0.6) is 0 Å². The van der Waals surface area contributed by atoms with Gasteiger partial charge in [0.1, 0.15) is 5.82 Å². The van der Waals surface area contributed by atoms with Gasteiger partial charge in [0.2, 0.25) is 0 Å². The number of amides is 2. The standard InChI is InChI=1S/C26H26ClF3N4O3/c27-21-5-7-22(8-6-21)34-23(19-2-1-3-20(14-19)26(28,29)30)17-33(25(34)37)16-18-4-9-24(31-15-18)32(10-12-35)11-13-36/h1-9,14-15,23,35-36H,10-13,16-17H2/t23-/m1/s1. The number of alkyl halides is 3. The number of aliphatic hydroxyl groups is 2. The number of pyridine rings is 1. The number of aliphatic hydroxyl groups excluding tert-OH is 2. The van der Waals surface area contributed by atoms with Gasteiger partial charge in [0, 0.05) is 43.1 Å². The maximum atomic E-state index is 13.5. The average molecular weight is 535 g/mol. The summed E-state index contributed by atoms with van der Waals surface area (Å²) in [6.45, 7) is 0.808. The highest BCUT2D eigenvalue weighted by Crippen LogP contribution is 2.38. The van der Waals surface area contributed by atoms with Gasteiger partial charge < -0.3 is 20.0 Å². The van der Waals surface area contributed by atoms with Crippen molar-refractivity contribution >= 4 is 29.1 Å². The highest BCUT2D eigenvalue weighted by molar-refractivity contribution is 6.30. The van der Waals surface area contributed by atoms with Crippen molar-refractivity contribution in [3.8, 4) is 0 Å². The number of urea groups is 1. The number of hydrogen-bond acceptors (Lipinski definition) is 5. The molecule has 0 unspecified atom stereocenters. The largest absolute Gasteiger partial charge is 0.416 e. The van der Waals surface area contributed by atoms with Gasteiger partial charge in [-0.3, -0.25) is 4.90 Å². The molecule has 1 atom stereocenters. The van der Waals surface area contributed by atoms with Crippen molar-refractivity contribution in [2.75, 3.05) is 42.6 Å². The number of rotatable bonds is 9. The topological polar surface area (TPSA) is 80.1 Å². The molecule has 0 spiro atoms. The smallest absolute Gasteiger partial charge is 0.395 e. The Morgan fingerprint density at radius 1 is 1.03 bits per heavy atom. The molecule has 1 aliphatic rings. The second kappa shape index (κ2) is 11.4. The summed E-state index contributed by atoms with van der Waals surface area (Å²) >= 11 is 6.01. The van der Waals surface area contributed by atoms with E-state index in [1.165, 1.54) is 11.0 Å². The van der Waals surface area contributed by atoms with Gasteiger partial charge in [-0.15, -0.1) is 0 Å². The molecule has 1 saturated heterocycles. The monoisotopic (exact) mass is 534 g/mol. The Morgan fingerprint density at radius 3 is 2.32 bits per heavy atom. The van der Waals surface area contributed by atoms with E-state index in [9.17, 15) is 28.2 Å². The zero-order chi connectivity index (χ0) is 26.6. The first-order valence-electron chi connectivity index (χ1n) is 11.6. The lowest BCUT2D eigenvalue weighted by Crippen LogP contribution is -2.32. The summed E-state index contributed by atoms with van der Waals surface area (Å²) in [7, 11) is 0. The summed E-state index contributed by atoms with van der Waals surface area (Å²) < 4.78 is 40.2. The van der Waals surface area contributed by atoms with Crippen molar-refractivity contribution < 1.29 is 28.2 Å². The Bertz CT molecular complexity index is 1200. The van der Waals surface area contributed by atoms with Crippen LogP contribution in [-0.4, -0.2) is 59.0 Å². The molecule has 196 valence electrons. The minimum absolute atomic E-state index is 0.0941. The lowest BCUT2D eigenvalue weighted by atomic mass is 10.0. The van der Waals surface area contributed by atoms with Gasteiger partial charge >= 0.3 is 12.2 Å². The second-order valence-corrected chi connectivity index (χ2v) is 9.04. The lowest BCUT2D eigenvalue weighted by molar-refractivity contribution is -0.137. The Labute approximate surface area is 217 Å². The van der Waals surface area contributed by atoms with E-state index in [1.54, 1.807) is 58.5 Å². The molecule has 1 fully saturated rings. The highest BCUT2D eigenvalue weighted by Gasteiger charge is 2.40. The quantitative estimate of drug-likeness (QED) is 0.415. The summed E-state index contributed by atoms with van der Waals surface area (Å²) in [4.78, 5) is 22.7. The predicted molar refractivity (Wildman–Crippen MR) is 135 cm³/mol. The number of benzene rings is 2. The number of hydrogen-bond donors (Lipinski definition) is 2. The molecule has 1 aliphatic heterocycles. The second-order valence-electron chi connectivity index (χ2n) is 8.61. The molecular weight excluding hydrogens is 509 g/mol. The van der Waals surface area contributed by atoms with Gasteiger partial charge in [-0.2, -0.15) is 13.2 Å². The van der Waals surface area contributed by atoms with Crippen molar-refractivity contribution in [2.24, 2.45) is 0 Å². The molecule has 2 amide bonds. The normalized spacial score (nSPS) is 15.9. The van der Waals surface area contributed by atoms with E-state index in [1.807, 2.05) is 0 Å². The van der Waals surface area contributed by atoms with Gasteiger partial charge in [0.15, 0.2) is 0 Å². The van der Waals surface area contributed by atoms with Crippen molar-refractivity contribution in [3.05, 3.63) is 88.6 Å². The molecule has 37 heavy (non-hydrogen) atoms. The van der Waals surface area contributed by atoms with Crippen LogP contribution in [0.15, 0.2) is 66.9 Å². The number of anilines is 2. The number of carbonyl (C=O) groups is 1. The zero-order valence-corrected chi connectivity index (χ0v) is 20.5. The Kier molecular flexibility index (Phi) is 8.21. The van der Waals surface area contributed by atoms with Crippen molar-refractivity contribution in [2.45, 2.75) is 18.8 Å². The first-order chi connectivity index (χ1) is 17.7. The van der Waals surface area contributed by atoms with Crippen LogP contribution >= 0.6 is 11.6 Å². The van der Waals surface area contributed by atoms with E-state index in [4.69, 9.17) is 11.6 Å². The maximum Gasteiger partial charge on any atom is 0.416 e. The van der Waals surface area contributed by atoms with Crippen LogP contribution in [0.25, 0.3) is 0 Å². The number of carbonyl (C=O) groups excluding carboxylic acids is 1. The molecule has 11 heteroatoms. The summed E-state index contributed by atoms with van der Waals surface area (Å²) in [5.41, 5.74) is 0.849. The third kappa shape index (κ3) is 6.15. The molecule has 0 bridgehead atoms. The van der Waals surface area contributed by atoms with E-state index in [-0.39, 0.29) is 32.3 Å². The summed E-state index contributed by atoms with van der Waals surface area (Å²) in [6.07, 6.45) is -2.90. The average Bonchev–Trinajstić information content (AvgIpc) is 3.20. The molecular formula is C26H26ClF3N4O3. The Morgan fingerprint density at radius 2 is 1.73 bits per heavy atom. The molecule has 7 nitrogen and oxygen atoms in total. The molecule has 0 aliphatic carbocycles. The van der Waals surface area contributed by atoms with Gasteiger partial charge in [0.25, 0.3) is 0 Å². The van der Waals surface area contributed by atoms with Gasteiger partial charge in [-0.05, 0) is 53.6 Å². The maximum absolute atomic E-state index is 13.5. The van der Waals surface area contributed by atoms with Crippen LogP contribution in [0, 0.1) is 0 Å². The number of nitrogens with zero attached hydrogens (tertiary/aromatic N) is 4. The van der Waals surface area contributed by atoms with E-state index < -0.39 is 17.8 Å². The Hall–Kier alpha value is -3.34. The van der Waals surface area contributed by atoms with Crippen molar-refractivity contribution in [1.29, 1.82) is 0 Å². The van der Waals surface area contributed by atoms with Gasteiger partial charge in [0.05, 0.1) is 24.8 Å². The third-order valence-electron chi connectivity index (χ3n) is 6.13. The molecule has 1 aromatic heterocycles. The molecule has 2 N–H and O–H groups in total. The fourth-order valence-electron chi connectivity index (χ4n) is 4.36. The third-order valence-corrected chi connectivity index (χ3v) is 6.38. The summed E-state index contributed by atoms with van der Waals surface area (Å²) in [5.74, 6) is 0.573. The molecule has 0 saturated carbocycles. The number of halogens is 4. The van der Waals surface area contributed by atoms with Crippen LogP contribution in [0.4, 0.5) is 29.5 Å².